The van der Waals surface area contributed by atoms with E-state index in [1.165, 1.54) is 28.2 Å². The van der Waals surface area contributed by atoms with Gasteiger partial charge < -0.3 is 4.57 Å². The third-order valence-electron chi connectivity index (χ3n) is 2.27. The molecule has 2 aromatic rings. The van der Waals surface area contributed by atoms with Gasteiger partial charge in [0.15, 0.2) is 0 Å². The summed E-state index contributed by atoms with van der Waals surface area (Å²) >= 11 is 1.37. The maximum absolute atomic E-state index is 12.3. The van der Waals surface area contributed by atoms with E-state index in [9.17, 15) is 18.0 Å². The zero-order valence-corrected chi connectivity index (χ0v) is 9.96. The molecule has 2 aromatic heterocycles. The standard InChI is InChI=1S/C11H9F3N2OS/c12-11(13,14)3-8-1-2-10(17)16(4-8)5-9-6-18-7-15-9/h1-2,4,6-7H,3,5H2. The number of pyridine rings is 1. The van der Waals surface area contributed by atoms with E-state index in [0.717, 1.165) is 6.07 Å². The summed E-state index contributed by atoms with van der Waals surface area (Å²) in [5, 5.41) is 1.75. The molecule has 0 radical (unpaired) electrons. The van der Waals surface area contributed by atoms with Crippen molar-refractivity contribution >= 4 is 11.3 Å². The Hall–Kier alpha value is -1.63. The van der Waals surface area contributed by atoms with Gasteiger partial charge in [-0.1, -0.05) is 6.07 Å². The van der Waals surface area contributed by atoms with Crippen molar-refractivity contribution in [3.8, 4) is 0 Å². The maximum atomic E-state index is 12.3. The summed E-state index contributed by atoms with van der Waals surface area (Å²) < 4.78 is 38.0. The van der Waals surface area contributed by atoms with Crippen molar-refractivity contribution < 1.29 is 13.2 Å². The highest BCUT2D eigenvalue weighted by Gasteiger charge is 2.27. The molecule has 96 valence electrons. The molecule has 0 bridgehead atoms. The van der Waals surface area contributed by atoms with Gasteiger partial charge >= 0.3 is 6.18 Å². The van der Waals surface area contributed by atoms with Gasteiger partial charge in [0.1, 0.15) is 0 Å². The minimum absolute atomic E-state index is 0.0670. The number of aromatic nitrogens is 2. The van der Waals surface area contributed by atoms with Crippen LogP contribution in [0.2, 0.25) is 0 Å². The molecule has 0 aliphatic rings. The summed E-state index contributed by atoms with van der Waals surface area (Å²) in [6.07, 6.45) is -4.08. The smallest absolute Gasteiger partial charge is 0.309 e. The molecule has 0 spiro atoms. The SMILES string of the molecule is O=c1ccc(CC(F)(F)F)cn1Cc1cscn1. The summed E-state index contributed by atoms with van der Waals surface area (Å²) in [6.45, 7) is 0.189. The van der Waals surface area contributed by atoms with E-state index < -0.39 is 12.6 Å². The molecular weight excluding hydrogens is 265 g/mol. The zero-order chi connectivity index (χ0) is 13.2. The Morgan fingerprint density at radius 3 is 2.72 bits per heavy atom. The van der Waals surface area contributed by atoms with Crippen molar-refractivity contribution in [2.45, 2.75) is 19.1 Å². The second-order valence-electron chi connectivity index (χ2n) is 3.78. The molecule has 7 heteroatoms. The molecule has 0 aromatic carbocycles. The van der Waals surface area contributed by atoms with Crippen LogP contribution >= 0.6 is 11.3 Å². The second-order valence-corrected chi connectivity index (χ2v) is 4.49. The average molecular weight is 274 g/mol. The molecule has 0 fully saturated rings. The molecule has 2 rings (SSSR count). The molecule has 3 nitrogen and oxygen atoms in total. The molecule has 2 heterocycles. The highest BCUT2D eigenvalue weighted by atomic mass is 32.1. The van der Waals surface area contributed by atoms with E-state index in [4.69, 9.17) is 0 Å². The Morgan fingerprint density at radius 1 is 1.33 bits per heavy atom. The topological polar surface area (TPSA) is 34.9 Å². The van der Waals surface area contributed by atoms with E-state index in [-0.39, 0.29) is 17.7 Å². The van der Waals surface area contributed by atoms with Crippen molar-refractivity contribution in [3.63, 3.8) is 0 Å². The molecule has 0 atom stereocenters. The third kappa shape index (κ3) is 3.43. The third-order valence-corrected chi connectivity index (χ3v) is 2.90. The summed E-state index contributed by atoms with van der Waals surface area (Å²) in [5.41, 5.74) is 2.00. The lowest BCUT2D eigenvalue weighted by molar-refractivity contribution is -0.127. The maximum Gasteiger partial charge on any atom is 0.393 e. The van der Waals surface area contributed by atoms with Gasteiger partial charge in [0.2, 0.25) is 0 Å². The highest BCUT2D eigenvalue weighted by Crippen LogP contribution is 2.20. The predicted octanol–water partition coefficient (Wildman–Crippen LogP) is 2.46. The van der Waals surface area contributed by atoms with E-state index in [2.05, 4.69) is 4.98 Å². The number of nitrogens with zero attached hydrogens (tertiary/aromatic N) is 2. The quantitative estimate of drug-likeness (QED) is 0.861. The van der Waals surface area contributed by atoms with Crippen molar-refractivity contribution in [1.82, 2.24) is 9.55 Å². The lowest BCUT2D eigenvalue weighted by Crippen LogP contribution is -2.21. The lowest BCUT2D eigenvalue weighted by atomic mass is 10.2. The number of hydrogen-bond donors (Lipinski definition) is 0. The molecule has 18 heavy (non-hydrogen) atoms. The van der Waals surface area contributed by atoms with Gasteiger partial charge in [-0.25, -0.2) is 4.98 Å². The van der Waals surface area contributed by atoms with Gasteiger partial charge in [-0.2, -0.15) is 13.2 Å². The van der Waals surface area contributed by atoms with E-state index in [1.807, 2.05) is 0 Å². The van der Waals surface area contributed by atoms with Crippen molar-refractivity contribution in [2.24, 2.45) is 0 Å². The van der Waals surface area contributed by atoms with Crippen LogP contribution in [0.4, 0.5) is 13.2 Å². The average Bonchev–Trinajstić information content (AvgIpc) is 2.73. The Labute approximate surface area is 105 Å². The van der Waals surface area contributed by atoms with Crippen LogP contribution in [0.3, 0.4) is 0 Å². The van der Waals surface area contributed by atoms with Crippen LogP contribution in [0.15, 0.2) is 34.0 Å². The first kappa shape index (κ1) is 12.8. The fourth-order valence-corrected chi connectivity index (χ4v) is 2.08. The first-order valence-electron chi connectivity index (χ1n) is 5.07. The molecular formula is C11H9F3N2OS. The Kier molecular flexibility index (Phi) is 3.51. The van der Waals surface area contributed by atoms with E-state index >= 15 is 0 Å². The number of thiazole rings is 1. The van der Waals surface area contributed by atoms with Crippen molar-refractivity contribution in [2.75, 3.05) is 0 Å². The first-order chi connectivity index (χ1) is 8.44. The number of hydrogen-bond acceptors (Lipinski definition) is 3. The molecule has 0 unspecified atom stereocenters. The van der Waals surface area contributed by atoms with Gasteiger partial charge in [0.05, 0.1) is 24.2 Å². The summed E-state index contributed by atoms with van der Waals surface area (Å²) in [4.78, 5) is 15.5. The summed E-state index contributed by atoms with van der Waals surface area (Å²) in [6, 6.07) is 2.35. The minimum atomic E-state index is -4.27. The fourth-order valence-electron chi connectivity index (χ4n) is 1.53. The Balaban J connectivity index is 2.24. The Bertz CT molecular complexity index is 575. The molecule has 0 saturated heterocycles. The van der Waals surface area contributed by atoms with E-state index in [0.29, 0.717) is 5.69 Å². The van der Waals surface area contributed by atoms with Gasteiger partial charge in [0, 0.05) is 17.6 Å². The molecule has 0 aliphatic carbocycles. The van der Waals surface area contributed by atoms with Crippen molar-refractivity contribution in [3.05, 3.63) is 50.8 Å². The summed E-state index contributed by atoms with van der Waals surface area (Å²) in [7, 11) is 0. The van der Waals surface area contributed by atoms with Gasteiger partial charge in [-0.15, -0.1) is 11.3 Å². The van der Waals surface area contributed by atoms with Gasteiger partial charge in [-0.3, -0.25) is 4.79 Å². The largest absolute Gasteiger partial charge is 0.393 e. The molecule has 0 aliphatic heterocycles. The van der Waals surface area contributed by atoms with Crippen LogP contribution in [0.1, 0.15) is 11.3 Å². The fraction of sp³-hybridized carbons (Fsp3) is 0.273. The highest BCUT2D eigenvalue weighted by molar-refractivity contribution is 7.07. The minimum Gasteiger partial charge on any atom is -0.309 e. The van der Waals surface area contributed by atoms with Gasteiger partial charge in [-0.05, 0) is 5.56 Å². The molecule has 0 N–H and O–H groups in total. The second kappa shape index (κ2) is 4.93. The van der Waals surface area contributed by atoms with Crippen LogP contribution in [0, 0.1) is 0 Å². The Morgan fingerprint density at radius 2 is 2.11 bits per heavy atom. The summed E-state index contributed by atoms with van der Waals surface area (Å²) in [5.74, 6) is 0. The number of halogens is 3. The lowest BCUT2D eigenvalue weighted by Gasteiger charge is -2.09. The van der Waals surface area contributed by atoms with Crippen LogP contribution in [-0.4, -0.2) is 15.7 Å². The predicted molar refractivity (Wildman–Crippen MR) is 61.7 cm³/mol. The van der Waals surface area contributed by atoms with Crippen LogP contribution in [0.5, 0.6) is 0 Å². The monoisotopic (exact) mass is 274 g/mol. The number of alkyl halides is 3. The van der Waals surface area contributed by atoms with Crippen LogP contribution < -0.4 is 5.56 Å². The van der Waals surface area contributed by atoms with E-state index in [1.54, 1.807) is 10.9 Å². The van der Waals surface area contributed by atoms with Crippen molar-refractivity contribution in [1.29, 1.82) is 0 Å². The van der Waals surface area contributed by atoms with Crippen LogP contribution in [-0.2, 0) is 13.0 Å². The van der Waals surface area contributed by atoms with Gasteiger partial charge in [0.25, 0.3) is 5.56 Å². The molecule has 0 saturated carbocycles. The van der Waals surface area contributed by atoms with Crippen LogP contribution in [0.25, 0.3) is 0 Å². The number of rotatable bonds is 3. The first-order valence-corrected chi connectivity index (χ1v) is 6.01. The normalized spacial score (nSPS) is 11.7. The molecule has 0 amide bonds. The zero-order valence-electron chi connectivity index (χ0n) is 9.15.